The van der Waals surface area contributed by atoms with Gasteiger partial charge in [-0.2, -0.15) is 21.2 Å². The molecule has 0 aromatic carbocycles. The number of rotatable bonds is 9. The van der Waals surface area contributed by atoms with Gasteiger partial charge < -0.3 is 5.32 Å². The Hall–Kier alpha value is -0.570. The van der Waals surface area contributed by atoms with Crippen LogP contribution in [0.1, 0.15) is 31.7 Å². The molecule has 120 valence electrons. The highest BCUT2D eigenvalue weighted by atomic mass is 32.2. The van der Waals surface area contributed by atoms with E-state index in [4.69, 9.17) is 0 Å². The molecule has 21 heavy (non-hydrogen) atoms. The zero-order valence-electron chi connectivity index (χ0n) is 12.8. The van der Waals surface area contributed by atoms with E-state index in [1.165, 1.54) is 17.1 Å². The Morgan fingerprint density at radius 3 is 2.86 bits per heavy atom. The molecule has 0 radical (unpaired) electrons. The zero-order chi connectivity index (χ0) is 15.5. The highest BCUT2D eigenvalue weighted by Crippen LogP contribution is 2.23. The van der Waals surface area contributed by atoms with Gasteiger partial charge in [-0.1, -0.05) is 6.92 Å². The molecule has 0 saturated heterocycles. The van der Waals surface area contributed by atoms with E-state index in [-0.39, 0.29) is 11.1 Å². The van der Waals surface area contributed by atoms with E-state index in [0.717, 1.165) is 12.2 Å². The Morgan fingerprint density at radius 2 is 2.29 bits per heavy atom. The van der Waals surface area contributed by atoms with Gasteiger partial charge in [-0.15, -0.1) is 0 Å². The van der Waals surface area contributed by atoms with Crippen LogP contribution in [0.25, 0.3) is 0 Å². The summed E-state index contributed by atoms with van der Waals surface area (Å²) in [6.45, 7) is 2.55. The molecular weight excluding hydrogens is 308 g/mol. The molecule has 0 amide bonds. The van der Waals surface area contributed by atoms with Crippen LogP contribution in [0.15, 0.2) is 11.2 Å². The largest absolute Gasteiger partial charge is 0.310 e. The third kappa shape index (κ3) is 4.00. The van der Waals surface area contributed by atoms with Gasteiger partial charge in [-0.3, -0.25) is 5.10 Å². The van der Waals surface area contributed by atoms with Crippen LogP contribution in [-0.4, -0.2) is 54.1 Å². The molecule has 6 nitrogen and oxygen atoms in total. The second-order valence-corrected chi connectivity index (χ2v) is 8.26. The maximum atomic E-state index is 12.8. The fourth-order valence-corrected chi connectivity index (χ4v) is 4.67. The van der Waals surface area contributed by atoms with E-state index >= 15 is 0 Å². The van der Waals surface area contributed by atoms with Crippen molar-refractivity contribution in [1.82, 2.24) is 19.8 Å². The second kappa shape index (κ2) is 7.13. The van der Waals surface area contributed by atoms with Crippen LogP contribution in [0, 0.1) is 0 Å². The minimum absolute atomic E-state index is 0.00228. The summed E-state index contributed by atoms with van der Waals surface area (Å²) < 4.78 is 27.0. The molecule has 1 fully saturated rings. The van der Waals surface area contributed by atoms with Crippen molar-refractivity contribution in [3.8, 4) is 0 Å². The Kier molecular flexibility index (Phi) is 5.70. The van der Waals surface area contributed by atoms with Crippen molar-refractivity contribution in [3.63, 3.8) is 0 Å². The highest BCUT2D eigenvalue weighted by Gasteiger charge is 2.31. The van der Waals surface area contributed by atoms with E-state index in [9.17, 15) is 8.42 Å². The maximum absolute atomic E-state index is 12.8. The lowest BCUT2D eigenvalue weighted by Gasteiger charge is -2.25. The molecular formula is C13H24N4O2S2. The number of sulfonamides is 1. The normalized spacial score (nSPS) is 17.3. The molecule has 0 spiro atoms. The fourth-order valence-electron chi connectivity index (χ4n) is 2.20. The van der Waals surface area contributed by atoms with Crippen LogP contribution in [0.4, 0.5) is 0 Å². The Bertz CT molecular complexity index is 554. The van der Waals surface area contributed by atoms with Gasteiger partial charge >= 0.3 is 0 Å². The average Bonchev–Trinajstić information content (AvgIpc) is 3.17. The van der Waals surface area contributed by atoms with E-state index in [0.29, 0.717) is 18.2 Å². The summed E-state index contributed by atoms with van der Waals surface area (Å²) in [4.78, 5) is 0. The number of nitrogens with zero attached hydrogens (tertiary/aromatic N) is 2. The lowest BCUT2D eigenvalue weighted by molar-refractivity contribution is 0.383. The van der Waals surface area contributed by atoms with Crippen LogP contribution in [0.3, 0.4) is 0 Å². The summed E-state index contributed by atoms with van der Waals surface area (Å²) in [5.74, 6) is 0.788. The first-order valence-electron chi connectivity index (χ1n) is 7.23. The third-order valence-electron chi connectivity index (χ3n) is 3.82. The fraction of sp³-hybridized carbons (Fsp3) is 0.769. The molecule has 2 rings (SSSR count). The Labute approximate surface area is 131 Å². The maximum Gasteiger partial charge on any atom is 0.260 e. The van der Waals surface area contributed by atoms with Gasteiger partial charge in [-0.05, 0) is 25.5 Å². The van der Waals surface area contributed by atoms with Crippen LogP contribution >= 0.6 is 11.8 Å². The molecule has 1 aromatic rings. The SMILES string of the molecule is CCC(CSC)N(C)S(=O)(=O)c1[nH]ncc1CNC1CC1. The van der Waals surface area contributed by atoms with Gasteiger partial charge in [0.05, 0.1) is 6.20 Å². The van der Waals surface area contributed by atoms with Crippen LogP contribution in [0.5, 0.6) is 0 Å². The number of hydrogen-bond donors (Lipinski definition) is 2. The summed E-state index contributed by atoms with van der Waals surface area (Å²) in [7, 11) is -1.87. The van der Waals surface area contributed by atoms with Crippen molar-refractivity contribution in [2.24, 2.45) is 0 Å². The van der Waals surface area contributed by atoms with Gasteiger partial charge in [0.25, 0.3) is 10.0 Å². The Balaban J connectivity index is 2.15. The van der Waals surface area contributed by atoms with Crippen molar-refractivity contribution >= 4 is 21.8 Å². The average molecular weight is 332 g/mol. The first-order valence-corrected chi connectivity index (χ1v) is 10.1. The highest BCUT2D eigenvalue weighted by molar-refractivity contribution is 7.98. The van der Waals surface area contributed by atoms with Gasteiger partial charge in [-0.25, -0.2) is 8.42 Å². The van der Waals surface area contributed by atoms with E-state index < -0.39 is 10.0 Å². The molecule has 1 atom stereocenters. The topological polar surface area (TPSA) is 78.1 Å². The van der Waals surface area contributed by atoms with Crippen LogP contribution < -0.4 is 5.32 Å². The van der Waals surface area contributed by atoms with Gasteiger partial charge in [0.1, 0.15) is 0 Å². The van der Waals surface area contributed by atoms with Crippen LogP contribution in [-0.2, 0) is 16.6 Å². The first-order chi connectivity index (χ1) is 10.0. The number of nitrogens with one attached hydrogen (secondary N) is 2. The first kappa shape index (κ1) is 16.8. The summed E-state index contributed by atoms with van der Waals surface area (Å²) in [5, 5.41) is 10.1. The summed E-state index contributed by atoms with van der Waals surface area (Å²) in [5.41, 5.74) is 0.716. The summed E-state index contributed by atoms with van der Waals surface area (Å²) in [6.07, 6.45) is 6.73. The van der Waals surface area contributed by atoms with Gasteiger partial charge in [0.2, 0.25) is 0 Å². The minimum Gasteiger partial charge on any atom is -0.310 e. The van der Waals surface area contributed by atoms with Gasteiger partial charge in [0.15, 0.2) is 5.03 Å². The van der Waals surface area contributed by atoms with Crippen LogP contribution in [0.2, 0.25) is 0 Å². The second-order valence-electron chi connectivity index (χ2n) is 5.42. The van der Waals surface area contributed by atoms with E-state index in [1.807, 2.05) is 13.2 Å². The molecule has 0 bridgehead atoms. The molecule has 0 aliphatic heterocycles. The summed E-state index contributed by atoms with van der Waals surface area (Å²) >= 11 is 1.66. The predicted molar refractivity (Wildman–Crippen MR) is 85.9 cm³/mol. The number of thioether (sulfide) groups is 1. The molecule has 8 heteroatoms. The lowest BCUT2D eigenvalue weighted by atomic mass is 10.3. The van der Waals surface area contributed by atoms with E-state index in [1.54, 1.807) is 25.0 Å². The third-order valence-corrected chi connectivity index (χ3v) is 6.46. The Morgan fingerprint density at radius 1 is 1.57 bits per heavy atom. The zero-order valence-corrected chi connectivity index (χ0v) is 14.4. The van der Waals surface area contributed by atoms with Crippen molar-refractivity contribution in [2.75, 3.05) is 19.1 Å². The molecule has 1 aliphatic rings. The predicted octanol–water partition coefficient (Wildman–Crippen LogP) is 1.42. The smallest absolute Gasteiger partial charge is 0.260 e. The summed E-state index contributed by atoms with van der Waals surface area (Å²) in [6, 6.07) is 0.533. The van der Waals surface area contributed by atoms with E-state index in [2.05, 4.69) is 15.5 Å². The quantitative estimate of drug-likeness (QED) is 0.715. The lowest BCUT2D eigenvalue weighted by Crippen LogP contribution is -2.39. The standard InChI is InChI=1S/C13H24N4O2S2/c1-4-12(9-20-3)17(2)21(18,19)13-10(8-15-16-13)7-14-11-5-6-11/h8,11-12,14H,4-7,9H2,1-3H3,(H,15,16). The molecule has 1 heterocycles. The monoisotopic (exact) mass is 332 g/mol. The number of hydrogen-bond acceptors (Lipinski definition) is 5. The van der Waals surface area contributed by atoms with Crippen molar-refractivity contribution < 1.29 is 8.42 Å². The van der Waals surface area contributed by atoms with Crippen molar-refractivity contribution in [2.45, 2.75) is 49.8 Å². The molecule has 1 aromatic heterocycles. The molecule has 2 N–H and O–H groups in total. The molecule has 1 saturated carbocycles. The minimum atomic E-state index is -3.53. The van der Waals surface area contributed by atoms with Gasteiger partial charge in [0, 0.05) is 37.0 Å². The van der Waals surface area contributed by atoms with Crippen molar-refractivity contribution in [1.29, 1.82) is 0 Å². The number of aromatic nitrogens is 2. The van der Waals surface area contributed by atoms with Crippen molar-refractivity contribution in [3.05, 3.63) is 11.8 Å². The number of H-pyrrole nitrogens is 1. The number of aromatic amines is 1. The molecule has 1 aliphatic carbocycles. The molecule has 1 unspecified atom stereocenters.